The van der Waals surface area contributed by atoms with Crippen LogP contribution in [0.3, 0.4) is 0 Å². The lowest BCUT2D eigenvalue weighted by atomic mass is 10.0. The Morgan fingerprint density at radius 1 is 1.22 bits per heavy atom. The van der Waals surface area contributed by atoms with Gasteiger partial charge in [-0.2, -0.15) is 0 Å². The first-order valence-corrected chi connectivity index (χ1v) is 10.1. The Morgan fingerprint density at radius 3 is 2.67 bits per heavy atom. The third-order valence-corrected chi connectivity index (χ3v) is 6.44. The zero-order valence-corrected chi connectivity index (χ0v) is 16.7. The molecule has 1 N–H and O–H groups in total. The average Bonchev–Trinajstić information content (AvgIpc) is 2.98. The highest BCUT2D eigenvalue weighted by molar-refractivity contribution is 7.10. The molecular formula is C20H24N4O2S. The van der Waals surface area contributed by atoms with Crippen molar-refractivity contribution in [1.82, 2.24) is 9.80 Å². The van der Waals surface area contributed by atoms with Gasteiger partial charge in [0.1, 0.15) is 0 Å². The number of aryl methyl sites for hydroxylation is 1. The minimum absolute atomic E-state index is 0.0902. The highest BCUT2D eigenvalue weighted by Gasteiger charge is 2.35. The molecule has 3 heterocycles. The number of carbonyl (C=O) groups is 2. The maximum Gasteiger partial charge on any atom is 0.329 e. The van der Waals surface area contributed by atoms with E-state index in [4.69, 9.17) is 0 Å². The van der Waals surface area contributed by atoms with Crippen LogP contribution < -0.4 is 10.2 Å². The van der Waals surface area contributed by atoms with E-state index in [1.54, 1.807) is 4.90 Å². The van der Waals surface area contributed by atoms with Gasteiger partial charge in [-0.25, -0.2) is 4.79 Å². The summed E-state index contributed by atoms with van der Waals surface area (Å²) in [5.41, 5.74) is 2.63. The lowest BCUT2D eigenvalue weighted by Gasteiger charge is -2.37. The number of hydrogen-bond acceptors (Lipinski definition) is 4. The van der Waals surface area contributed by atoms with Crippen molar-refractivity contribution in [2.24, 2.45) is 0 Å². The second-order valence-electron chi connectivity index (χ2n) is 7.29. The van der Waals surface area contributed by atoms with Gasteiger partial charge in [-0.15, -0.1) is 11.3 Å². The van der Waals surface area contributed by atoms with Crippen molar-refractivity contribution in [2.75, 3.05) is 37.4 Å². The van der Waals surface area contributed by atoms with Gasteiger partial charge in [0.2, 0.25) is 0 Å². The van der Waals surface area contributed by atoms with Crippen molar-refractivity contribution in [2.45, 2.75) is 25.8 Å². The van der Waals surface area contributed by atoms with Crippen LogP contribution in [0.5, 0.6) is 0 Å². The number of rotatable bonds is 1. The average molecular weight is 385 g/mol. The number of hydrogen-bond donors (Lipinski definition) is 1. The van der Waals surface area contributed by atoms with E-state index >= 15 is 0 Å². The Labute approximate surface area is 163 Å². The molecule has 1 saturated heterocycles. The Hall–Kier alpha value is -2.38. The quantitative estimate of drug-likeness (QED) is 0.811. The molecular weight excluding hydrogens is 360 g/mol. The van der Waals surface area contributed by atoms with Gasteiger partial charge in [0.05, 0.1) is 22.6 Å². The van der Waals surface area contributed by atoms with Crippen molar-refractivity contribution in [3.05, 3.63) is 40.1 Å². The molecule has 2 aromatic rings. The van der Waals surface area contributed by atoms with Gasteiger partial charge >= 0.3 is 6.03 Å². The molecule has 2 aliphatic rings. The standard InChI is InChI=1S/C20H24N4O2S/c1-13-18-17(12-27-13)24(16-7-5-4-6-15(16)21-19(18)25)20(26)23(3)14-8-10-22(2)11-9-14/h4-7,12,14H,8-11H2,1-3H3,(H,21,25). The molecule has 0 aliphatic carbocycles. The first-order valence-electron chi connectivity index (χ1n) is 9.21. The summed E-state index contributed by atoms with van der Waals surface area (Å²) in [5, 5.41) is 4.87. The number of anilines is 3. The van der Waals surface area contributed by atoms with Gasteiger partial charge in [-0.05, 0) is 52.0 Å². The largest absolute Gasteiger partial charge is 0.329 e. The number of likely N-dealkylation sites (tertiary alicyclic amines) is 1. The number of benzene rings is 1. The number of urea groups is 1. The maximum atomic E-state index is 13.6. The Balaban J connectivity index is 1.75. The lowest BCUT2D eigenvalue weighted by Crippen LogP contribution is -2.48. The second kappa shape index (κ2) is 6.98. The molecule has 0 atom stereocenters. The van der Waals surface area contributed by atoms with Crippen LogP contribution in [0.4, 0.5) is 21.9 Å². The van der Waals surface area contributed by atoms with Crippen LogP contribution in [0, 0.1) is 6.92 Å². The lowest BCUT2D eigenvalue weighted by molar-refractivity contribution is 0.102. The first-order chi connectivity index (χ1) is 13.0. The molecule has 3 amide bonds. The van der Waals surface area contributed by atoms with Crippen molar-refractivity contribution in [3.63, 3.8) is 0 Å². The summed E-state index contributed by atoms with van der Waals surface area (Å²) in [6.45, 7) is 3.89. The Morgan fingerprint density at radius 2 is 1.93 bits per heavy atom. The fraction of sp³-hybridized carbons (Fsp3) is 0.400. The molecule has 1 aromatic carbocycles. The van der Waals surface area contributed by atoms with E-state index in [9.17, 15) is 9.59 Å². The molecule has 2 aliphatic heterocycles. The number of fused-ring (bicyclic) bond motifs is 2. The van der Waals surface area contributed by atoms with Crippen molar-refractivity contribution < 1.29 is 9.59 Å². The van der Waals surface area contributed by atoms with Gasteiger partial charge in [0.15, 0.2) is 0 Å². The predicted octanol–water partition coefficient (Wildman–Crippen LogP) is 3.91. The summed E-state index contributed by atoms with van der Waals surface area (Å²) in [6.07, 6.45) is 1.92. The Kier molecular flexibility index (Phi) is 4.65. The highest BCUT2D eigenvalue weighted by Crippen LogP contribution is 2.42. The normalized spacial score (nSPS) is 17.7. The van der Waals surface area contributed by atoms with Crippen LogP contribution in [-0.4, -0.2) is 55.0 Å². The smallest absolute Gasteiger partial charge is 0.324 e. The van der Waals surface area contributed by atoms with Crippen LogP contribution in [-0.2, 0) is 0 Å². The predicted molar refractivity (Wildman–Crippen MR) is 109 cm³/mol. The van der Waals surface area contributed by atoms with Crippen LogP contribution >= 0.6 is 11.3 Å². The summed E-state index contributed by atoms with van der Waals surface area (Å²) >= 11 is 1.50. The van der Waals surface area contributed by atoms with Crippen molar-refractivity contribution in [3.8, 4) is 0 Å². The van der Waals surface area contributed by atoms with E-state index in [1.165, 1.54) is 11.3 Å². The van der Waals surface area contributed by atoms with E-state index in [0.717, 1.165) is 30.8 Å². The van der Waals surface area contributed by atoms with Gasteiger partial charge in [0, 0.05) is 23.3 Å². The molecule has 0 radical (unpaired) electrons. The number of carbonyl (C=O) groups excluding carboxylic acids is 2. The van der Waals surface area contributed by atoms with E-state index < -0.39 is 0 Å². The number of piperidine rings is 1. The zero-order valence-electron chi connectivity index (χ0n) is 15.9. The summed E-state index contributed by atoms with van der Waals surface area (Å²) in [5.74, 6) is -0.159. The molecule has 0 bridgehead atoms. The van der Waals surface area contributed by atoms with E-state index in [-0.39, 0.29) is 18.0 Å². The van der Waals surface area contributed by atoms with E-state index in [1.807, 2.05) is 48.5 Å². The third kappa shape index (κ3) is 3.11. The van der Waals surface area contributed by atoms with E-state index in [0.29, 0.717) is 22.6 Å². The monoisotopic (exact) mass is 384 g/mol. The number of nitrogens with zero attached hydrogens (tertiary/aromatic N) is 3. The van der Waals surface area contributed by atoms with Crippen LogP contribution in [0.2, 0.25) is 0 Å². The summed E-state index contributed by atoms with van der Waals surface area (Å²) < 4.78 is 0. The minimum Gasteiger partial charge on any atom is -0.324 e. The van der Waals surface area contributed by atoms with Crippen molar-refractivity contribution in [1.29, 1.82) is 0 Å². The summed E-state index contributed by atoms with van der Waals surface area (Å²) in [7, 11) is 3.99. The molecule has 142 valence electrons. The number of amides is 3. The zero-order chi connectivity index (χ0) is 19.1. The van der Waals surface area contributed by atoms with E-state index in [2.05, 4.69) is 17.3 Å². The van der Waals surface area contributed by atoms with Gasteiger partial charge in [0.25, 0.3) is 5.91 Å². The number of thiophene rings is 1. The topological polar surface area (TPSA) is 55.9 Å². The SMILES string of the molecule is Cc1scc2c1C(=O)Nc1ccccc1N2C(=O)N(C)C1CCN(C)CC1. The highest BCUT2D eigenvalue weighted by atomic mass is 32.1. The van der Waals surface area contributed by atoms with Gasteiger partial charge in [-0.3, -0.25) is 9.69 Å². The summed E-state index contributed by atoms with van der Waals surface area (Å²) in [4.78, 5) is 33.1. The molecule has 6 nitrogen and oxygen atoms in total. The molecule has 27 heavy (non-hydrogen) atoms. The molecule has 4 rings (SSSR count). The fourth-order valence-electron chi connectivity index (χ4n) is 3.87. The Bertz CT molecular complexity index is 886. The van der Waals surface area contributed by atoms with Gasteiger partial charge in [-0.1, -0.05) is 12.1 Å². The maximum absolute atomic E-state index is 13.6. The van der Waals surface area contributed by atoms with Crippen LogP contribution in [0.1, 0.15) is 28.1 Å². The number of nitrogens with one attached hydrogen (secondary N) is 1. The first kappa shape index (κ1) is 18.0. The molecule has 0 spiro atoms. The molecule has 7 heteroatoms. The molecule has 1 fully saturated rings. The van der Waals surface area contributed by atoms with Crippen molar-refractivity contribution >= 4 is 40.3 Å². The molecule has 0 saturated carbocycles. The number of para-hydroxylation sites is 2. The fourth-order valence-corrected chi connectivity index (χ4v) is 4.70. The van der Waals surface area contributed by atoms with Crippen LogP contribution in [0.15, 0.2) is 29.6 Å². The van der Waals surface area contributed by atoms with Crippen LogP contribution in [0.25, 0.3) is 0 Å². The second-order valence-corrected chi connectivity index (χ2v) is 8.37. The molecule has 0 unspecified atom stereocenters. The third-order valence-electron chi connectivity index (χ3n) is 5.55. The summed E-state index contributed by atoms with van der Waals surface area (Å²) in [6, 6.07) is 7.61. The molecule has 1 aromatic heterocycles. The minimum atomic E-state index is -0.159. The van der Waals surface area contributed by atoms with Gasteiger partial charge < -0.3 is 15.1 Å².